The Kier molecular flexibility index (Phi) is 2.21. The highest BCUT2D eigenvalue weighted by molar-refractivity contribution is 7.08. The minimum absolute atomic E-state index is 0.102. The van der Waals surface area contributed by atoms with Gasteiger partial charge < -0.3 is 4.90 Å². The van der Waals surface area contributed by atoms with Gasteiger partial charge in [0.05, 0.1) is 18.0 Å². The summed E-state index contributed by atoms with van der Waals surface area (Å²) in [5.41, 5.74) is 0.775. The van der Waals surface area contributed by atoms with Crippen molar-refractivity contribution in [2.45, 2.75) is 6.04 Å². The van der Waals surface area contributed by atoms with Crippen LogP contribution in [0.25, 0.3) is 0 Å². The SMILES string of the molecule is O=C(c1ccsc1)N1CC(n2nccn2)C1. The Morgan fingerprint density at radius 2 is 2.12 bits per heavy atom. The highest BCUT2D eigenvalue weighted by atomic mass is 32.1. The third kappa shape index (κ3) is 1.51. The number of aromatic nitrogens is 3. The molecule has 0 aliphatic carbocycles. The van der Waals surface area contributed by atoms with Crippen LogP contribution >= 0.6 is 11.3 Å². The molecule has 3 heterocycles. The third-order valence-electron chi connectivity index (χ3n) is 2.68. The van der Waals surface area contributed by atoms with E-state index in [1.54, 1.807) is 28.5 Å². The van der Waals surface area contributed by atoms with Crippen LogP contribution in [0.15, 0.2) is 29.2 Å². The number of thiophene rings is 1. The topological polar surface area (TPSA) is 51.0 Å². The van der Waals surface area contributed by atoms with Crippen molar-refractivity contribution in [1.82, 2.24) is 19.9 Å². The van der Waals surface area contributed by atoms with Gasteiger partial charge >= 0.3 is 0 Å². The quantitative estimate of drug-likeness (QED) is 0.780. The summed E-state index contributed by atoms with van der Waals surface area (Å²) in [6.07, 6.45) is 3.31. The fourth-order valence-electron chi connectivity index (χ4n) is 1.75. The van der Waals surface area contributed by atoms with Crippen molar-refractivity contribution in [3.8, 4) is 0 Å². The van der Waals surface area contributed by atoms with E-state index in [0.29, 0.717) is 13.1 Å². The molecule has 1 aliphatic heterocycles. The highest BCUT2D eigenvalue weighted by Crippen LogP contribution is 2.22. The number of carbonyl (C=O) groups excluding carboxylic acids is 1. The lowest BCUT2D eigenvalue weighted by atomic mass is 10.1. The first-order valence-corrected chi connectivity index (χ1v) is 5.96. The lowest BCUT2D eigenvalue weighted by Gasteiger charge is -2.38. The molecule has 1 saturated heterocycles. The maximum atomic E-state index is 11.9. The van der Waals surface area contributed by atoms with Crippen molar-refractivity contribution < 1.29 is 4.79 Å². The maximum absolute atomic E-state index is 11.9. The second-order valence-electron chi connectivity index (χ2n) is 3.73. The summed E-state index contributed by atoms with van der Waals surface area (Å²) in [5, 5.41) is 11.9. The average Bonchev–Trinajstić information content (AvgIpc) is 2.88. The number of rotatable bonds is 2. The molecule has 3 rings (SSSR count). The Hall–Kier alpha value is -1.69. The van der Waals surface area contributed by atoms with Gasteiger partial charge in [-0.05, 0) is 11.4 Å². The van der Waals surface area contributed by atoms with Crippen LogP contribution in [0.1, 0.15) is 16.4 Å². The van der Waals surface area contributed by atoms with Crippen molar-refractivity contribution >= 4 is 17.2 Å². The molecule has 0 saturated carbocycles. The standard InChI is InChI=1S/C10H10N4OS/c15-10(8-1-4-16-7-8)13-5-9(6-13)14-11-2-3-12-14/h1-4,7,9H,5-6H2. The first-order chi connectivity index (χ1) is 7.84. The molecule has 82 valence electrons. The molecule has 1 amide bonds. The molecular weight excluding hydrogens is 224 g/mol. The minimum atomic E-state index is 0.102. The van der Waals surface area contributed by atoms with Gasteiger partial charge in [0.15, 0.2) is 0 Å². The fourth-order valence-corrected chi connectivity index (χ4v) is 2.38. The zero-order valence-electron chi connectivity index (χ0n) is 8.48. The molecular formula is C10H10N4OS. The van der Waals surface area contributed by atoms with Crippen molar-refractivity contribution in [1.29, 1.82) is 0 Å². The molecule has 0 unspecified atom stereocenters. The van der Waals surface area contributed by atoms with Gasteiger partial charge in [-0.2, -0.15) is 26.3 Å². The van der Waals surface area contributed by atoms with Crippen LogP contribution < -0.4 is 0 Å². The normalized spacial score (nSPS) is 16.1. The Morgan fingerprint density at radius 1 is 1.38 bits per heavy atom. The van der Waals surface area contributed by atoms with E-state index in [9.17, 15) is 4.79 Å². The predicted octanol–water partition coefficient (Wildman–Crippen LogP) is 1.04. The smallest absolute Gasteiger partial charge is 0.254 e. The van der Waals surface area contributed by atoms with Gasteiger partial charge in [-0.1, -0.05) is 0 Å². The van der Waals surface area contributed by atoms with E-state index in [2.05, 4.69) is 10.2 Å². The van der Waals surface area contributed by atoms with Crippen LogP contribution in [-0.2, 0) is 0 Å². The van der Waals surface area contributed by atoms with Crippen LogP contribution in [0.5, 0.6) is 0 Å². The maximum Gasteiger partial charge on any atom is 0.254 e. The second-order valence-corrected chi connectivity index (χ2v) is 4.51. The number of carbonyl (C=O) groups is 1. The lowest BCUT2D eigenvalue weighted by molar-refractivity contribution is 0.0477. The summed E-state index contributed by atoms with van der Waals surface area (Å²) >= 11 is 1.54. The zero-order valence-corrected chi connectivity index (χ0v) is 9.30. The molecule has 1 aliphatic rings. The Morgan fingerprint density at radius 3 is 2.75 bits per heavy atom. The second kappa shape index (κ2) is 3.71. The molecule has 0 atom stereocenters. The van der Waals surface area contributed by atoms with E-state index in [0.717, 1.165) is 5.56 Å². The van der Waals surface area contributed by atoms with Crippen LogP contribution in [0.3, 0.4) is 0 Å². The molecule has 0 aromatic carbocycles. The molecule has 0 N–H and O–H groups in total. The summed E-state index contributed by atoms with van der Waals surface area (Å²) in [5.74, 6) is 0.102. The molecule has 6 heteroatoms. The van der Waals surface area contributed by atoms with E-state index in [4.69, 9.17) is 0 Å². The Bertz CT molecular complexity index is 473. The van der Waals surface area contributed by atoms with Gasteiger partial charge in [-0.25, -0.2) is 0 Å². The van der Waals surface area contributed by atoms with Gasteiger partial charge in [0.2, 0.25) is 0 Å². The molecule has 5 nitrogen and oxygen atoms in total. The third-order valence-corrected chi connectivity index (χ3v) is 3.36. The van der Waals surface area contributed by atoms with Crippen molar-refractivity contribution in [3.05, 3.63) is 34.8 Å². The molecule has 16 heavy (non-hydrogen) atoms. The number of nitrogens with zero attached hydrogens (tertiary/aromatic N) is 4. The van der Waals surface area contributed by atoms with Gasteiger partial charge in [0.25, 0.3) is 5.91 Å². The number of hydrogen-bond acceptors (Lipinski definition) is 4. The first-order valence-electron chi connectivity index (χ1n) is 5.02. The Labute approximate surface area is 96.3 Å². The predicted molar refractivity (Wildman–Crippen MR) is 59.3 cm³/mol. The molecule has 0 spiro atoms. The van der Waals surface area contributed by atoms with Crippen molar-refractivity contribution in [2.24, 2.45) is 0 Å². The highest BCUT2D eigenvalue weighted by Gasteiger charge is 2.33. The summed E-state index contributed by atoms with van der Waals surface area (Å²) in [4.78, 5) is 15.4. The van der Waals surface area contributed by atoms with Crippen LogP contribution in [0.2, 0.25) is 0 Å². The van der Waals surface area contributed by atoms with Crippen LogP contribution in [0, 0.1) is 0 Å². The van der Waals surface area contributed by atoms with Crippen molar-refractivity contribution in [2.75, 3.05) is 13.1 Å². The van der Waals surface area contributed by atoms with Crippen molar-refractivity contribution in [3.63, 3.8) is 0 Å². The van der Waals surface area contributed by atoms with Crippen LogP contribution in [-0.4, -0.2) is 38.9 Å². The molecule has 1 fully saturated rings. The molecule has 0 bridgehead atoms. The molecule has 0 radical (unpaired) electrons. The van der Waals surface area contributed by atoms with Gasteiger partial charge in [-0.3, -0.25) is 4.79 Å². The van der Waals surface area contributed by atoms with E-state index < -0.39 is 0 Å². The summed E-state index contributed by atoms with van der Waals surface area (Å²) < 4.78 is 0. The number of amides is 1. The van der Waals surface area contributed by atoms with E-state index in [1.165, 1.54) is 0 Å². The number of hydrogen-bond donors (Lipinski definition) is 0. The van der Waals surface area contributed by atoms with E-state index >= 15 is 0 Å². The number of likely N-dealkylation sites (tertiary alicyclic amines) is 1. The summed E-state index contributed by atoms with van der Waals surface area (Å²) in [6, 6.07) is 2.09. The summed E-state index contributed by atoms with van der Waals surface area (Å²) in [7, 11) is 0. The molecule has 2 aromatic heterocycles. The van der Waals surface area contributed by atoms with Crippen LogP contribution in [0.4, 0.5) is 0 Å². The van der Waals surface area contributed by atoms with Gasteiger partial charge in [-0.15, -0.1) is 0 Å². The fraction of sp³-hybridized carbons (Fsp3) is 0.300. The minimum Gasteiger partial charge on any atom is -0.334 e. The van der Waals surface area contributed by atoms with Gasteiger partial charge in [0, 0.05) is 18.5 Å². The summed E-state index contributed by atoms with van der Waals surface area (Å²) in [6.45, 7) is 1.40. The average molecular weight is 234 g/mol. The largest absolute Gasteiger partial charge is 0.334 e. The monoisotopic (exact) mass is 234 g/mol. The first kappa shape index (κ1) is 9.53. The zero-order chi connectivity index (χ0) is 11.0. The van der Waals surface area contributed by atoms with Gasteiger partial charge in [0.1, 0.15) is 6.04 Å². The Balaban J connectivity index is 1.64. The van der Waals surface area contributed by atoms with E-state index in [1.807, 2.05) is 21.7 Å². The molecule has 2 aromatic rings. The lowest BCUT2D eigenvalue weighted by Crippen LogP contribution is -2.51. The van der Waals surface area contributed by atoms with E-state index in [-0.39, 0.29) is 11.9 Å².